The molecule has 0 aliphatic rings. The van der Waals surface area contributed by atoms with E-state index in [9.17, 15) is 9.59 Å². The molecule has 1 aromatic heterocycles. The lowest BCUT2D eigenvalue weighted by molar-refractivity contribution is 0.0941. The molecule has 0 aliphatic heterocycles. The van der Waals surface area contributed by atoms with E-state index in [2.05, 4.69) is 5.32 Å². The van der Waals surface area contributed by atoms with Crippen LogP contribution < -0.4 is 5.32 Å². The average molecular weight is 361 g/mol. The van der Waals surface area contributed by atoms with Crippen molar-refractivity contribution in [3.63, 3.8) is 0 Å². The van der Waals surface area contributed by atoms with Gasteiger partial charge in [-0.2, -0.15) is 0 Å². The van der Waals surface area contributed by atoms with E-state index in [-0.39, 0.29) is 11.8 Å². The highest BCUT2D eigenvalue weighted by molar-refractivity contribution is 6.32. The van der Waals surface area contributed by atoms with Crippen LogP contribution in [0.5, 0.6) is 0 Å². The molecule has 0 spiro atoms. The van der Waals surface area contributed by atoms with Crippen LogP contribution in [-0.2, 0) is 0 Å². The molecule has 1 amide bonds. The Balaban J connectivity index is 2.06. The quantitative estimate of drug-likeness (QED) is 0.685. The number of rotatable bonds is 2. The fraction of sp³-hybridized carbons (Fsp3) is 0.111. The molecule has 24 heavy (non-hydrogen) atoms. The van der Waals surface area contributed by atoms with Crippen molar-refractivity contribution in [2.75, 3.05) is 5.32 Å². The van der Waals surface area contributed by atoms with E-state index < -0.39 is 0 Å². The number of fused-ring (bicyclic) bond motifs is 1. The summed E-state index contributed by atoms with van der Waals surface area (Å²) in [5.74, 6) is -0.489. The van der Waals surface area contributed by atoms with Crippen LogP contribution >= 0.6 is 23.2 Å². The molecule has 0 unspecified atom stereocenters. The smallest absolute Gasteiger partial charge is 0.257 e. The maximum absolute atomic E-state index is 12.7. The van der Waals surface area contributed by atoms with Crippen LogP contribution in [0, 0.1) is 6.92 Å². The lowest BCUT2D eigenvalue weighted by Crippen LogP contribution is -2.12. The lowest BCUT2D eigenvalue weighted by Gasteiger charge is -2.08. The molecule has 1 heterocycles. The van der Waals surface area contributed by atoms with Gasteiger partial charge < -0.3 is 5.32 Å². The number of benzene rings is 2. The minimum Gasteiger partial charge on any atom is -0.322 e. The Kier molecular flexibility index (Phi) is 4.35. The van der Waals surface area contributed by atoms with E-state index in [4.69, 9.17) is 23.2 Å². The standard InChI is InChI=1S/C18H14Cl2N2O2/c1-10-7-12(19)3-5-16(10)21-18(24)15-9-22(11(2)23)17-6-4-13(20)8-14(15)17/h3-9H,1-2H3,(H,21,24). The lowest BCUT2D eigenvalue weighted by atomic mass is 10.1. The summed E-state index contributed by atoms with van der Waals surface area (Å²) < 4.78 is 1.44. The van der Waals surface area contributed by atoms with E-state index >= 15 is 0 Å². The highest BCUT2D eigenvalue weighted by atomic mass is 35.5. The van der Waals surface area contributed by atoms with Gasteiger partial charge in [0.1, 0.15) is 0 Å². The maximum Gasteiger partial charge on any atom is 0.257 e. The molecule has 3 aromatic rings. The summed E-state index contributed by atoms with van der Waals surface area (Å²) in [5.41, 5.74) is 2.54. The van der Waals surface area contributed by atoms with E-state index in [0.717, 1.165) is 5.56 Å². The summed E-state index contributed by atoms with van der Waals surface area (Å²) in [5, 5.41) is 4.58. The van der Waals surface area contributed by atoms with Gasteiger partial charge in [0.2, 0.25) is 5.91 Å². The van der Waals surface area contributed by atoms with Gasteiger partial charge in [-0.25, -0.2) is 0 Å². The zero-order valence-electron chi connectivity index (χ0n) is 13.1. The normalized spacial score (nSPS) is 10.8. The van der Waals surface area contributed by atoms with Crippen LogP contribution in [0.3, 0.4) is 0 Å². The zero-order chi connectivity index (χ0) is 17.4. The van der Waals surface area contributed by atoms with Gasteiger partial charge in [-0.1, -0.05) is 23.2 Å². The molecule has 2 aromatic carbocycles. The molecule has 0 fully saturated rings. The van der Waals surface area contributed by atoms with Crippen LogP contribution in [0.2, 0.25) is 10.0 Å². The average Bonchev–Trinajstić information content (AvgIpc) is 2.89. The predicted octanol–water partition coefficient (Wildman–Crippen LogP) is 5.17. The molecule has 0 atom stereocenters. The van der Waals surface area contributed by atoms with Crippen molar-refractivity contribution in [2.45, 2.75) is 13.8 Å². The van der Waals surface area contributed by atoms with Crippen LogP contribution in [0.15, 0.2) is 42.6 Å². The fourth-order valence-electron chi connectivity index (χ4n) is 2.60. The number of anilines is 1. The molecule has 3 rings (SSSR count). The van der Waals surface area contributed by atoms with Crippen molar-refractivity contribution in [2.24, 2.45) is 0 Å². The molecular formula is C18H14Cl2N2O2. The summed E-state index contributed by atoms with van der Waals surface area (Å²) in [6.07, 6.45) is 1.53. The second-order valence-electron chi connectivity index (χ2n) is 5.51. The van der Waals surface area contributed by atoms with Crippen molar-refractivity contribution in [3.8, 4) is 0 Å². The second kappa shape index (κ2) is 6.30. The number of aryl methyl sites for hydroxylation is 1. The summed E-state index contributed by atoms with van der Waals surface area (Å²) in [4.78, 5) is 24.5. The molecule has 0 bridgehead atoms. The molecule has 0 saturated heterocycles. The number of nitrogens with zero attached hydrogens (tertiary/aromatic N) is 1. The monoisotopic (exact) mass is 360 g/mol. The SMILES string of the molecule is CC(=O)n1cc(C(=O)Nc2ccc(Cl)cc2C)c2cc(Cl)ccc21. The first-order chi connectivity index (χ1) is 11.4. The predicted molar refractivity (Wildman–Crippen MR) is 97.4 cm³/mol. The molecular weight excluding hydrogens is 347 g/mol. The molecule has 0 aliphatic carbocycles. The van der Waals surface area contributed by atoms with Gasteiger partial charge in [0.25, 0.3) is 5.91 Å². The molecule has 6 heteroatoms. The molecule has 0 saturated carbocycles. The van der Waals surface area contributed by atoms with E-state index in [0.29, 0.717) is 32.2 Å². The van der Waals surface area contributed by atoms with Crippen LogP contribution in [0.1, 0.15) is 27.6 Å². The van der Waals surface area contributed by atoms with Gasteiger partial charge in [0.15, 0.2) is 0 Å². The third-order valence-electron chi connectivity index (χ3n) is 3.79. The highest BCUT2D eigenvalue weighted by Gasteiger charge is 2.18. The first kappa shape index (κ1) is 16.6. The minimum absolute atomic E-state index is 0.177. The zero-order valence-corrected chi connectivity index (χ0v) is 14.6. The highest BCUT2D eigenvalue weighted by Crippen LogP contribution is 2.27. The van der Waals surface area contributed by atoms with Crippen molar-refractivity contribution < 1.29 is 9.59 Å². The minimum atomic E-state index is -0.312. The van der Waals surface area contributed by atoms with Gasteiger partial charge in [-0.15, -0.1) is 0 Å². The van der Waals surface area contributed by atoms with Gasteiger partial charge in [-0.3, -0.25) is 14.2 Å². The number of carbonyl (C=O) groups excluding carboxylic acids is 2. The molecule has 1 N–H and O–H groups in total. The Morgan fingerprint density at radius 2 is 1.71 bits per heavy atom. The number of amides is 1. The third-order valence-corrected chi connectivity index (χ3v) is 4.26. The Morgan fingerprint density at radius 1 is 1.04 bits per heavy atom. The number of nitrogens with one attached hydrogen (secondary N) is 1. The molecule has 4 nitrogen and oxygen atoms in total. The number of halogens is 2. The summed E-state index contributed by atoms with van der Waals surface area (Å²) in [6.45, 7) is 3.30. The Morgan fingerprint density at radius 3 is 2.38 bits per heavy atom. The van der Waals surface area contributed by atoms with Gasteiger partial charge in [0, 0.05) is 34.2 Å². The van der Waals surface area contributed by atoms with Crippen molar-refractivity contribution in [1.29, 1.82) is 0 Å². The van der Waals surface area contributed by atoms with Gasteiger partial charge in [0.05, 0.1) is 11.1 Å². The maximum atomic E-state index is 12.7. The van der Waals surface area contributed by atoms with Crippen molar-refractivity contribution >= 4 is 51.6 Å². The van der Waals surface area contributed by atoms with Gasteiger partial charge >= 0.3 is 0 Å². The summed E-state index contributed by atoms with van der Waals surface area (Å²) >= 11 is 12.0. The Bertz CT molecular complexity index is 977. The topological polar surface area (TPSA) is 51.1 Å². The number of hydrogen-bond acceptors (Lipinski definition) is 2. The largest absolute Gasteiger partial charge is 0.322 e. The fourth-order valence-corrected chi connectivity index (χ4v) is 3.00. The van der Waals surface area contributed by atoms with Crippen molar-refractivity contribution in [3.05, 3.63) is 63.8 Å². The summed E-state index contributed by atoms with van der Waals surface area (Å²) in [7, 11) is 0. The van der Waals surface area contributed by atoms with E-state index in [1.54, 1.807) is 36.4 Å². The van der Waals surface area contributed by atoms with Crippen LogP contribution in [0.4, 0.5) is 5.69 Å². The number of hydrogen-bond donors (Lipinski definition) is 1. The van der Waals surface area contributed by atoms with E-state index in [1.807, 2.05) is 6.92 Å². The van der Waals surface area contributed by atoms with Crippen molar-refractivity contribution in [1.82, 2.24) is 4.57 Å². The first-order valence-electron chi connectivity index (χ1n) is 7.26. The number of carbonyl (C=O) groups is 2. The van der Waals surface area contributed by atoms with E-state index in [1.165, 1.54) is 17.7 Å². The Labute approximate surface area is 149 Å². The second-order valence-corrected chi connectivity index (χ2v) is 6.38. The first-order valence-corrected chi connectivity index (χ1v) is 8.01. The van der Waals surface area contributed by atoms with Crippen LogP contribution in [-0.4, -0.2) is 16.4 Å². The van der Waals surface area contributed by atoms with Crippen LogP contribution in [0.25, 0.3) is 10.9 Å². The molecule has 0 radical (unpaired) electrons. The number of aromatic nitrogens is 1. The Hall–Kier alpha value is -2.30. The van der Waals surface area contributed by atoms with Gasteiger partial charge in [-0.05, 0) is 48.9 Å². The summed E-state index contributed by atoms with van der Waals surface area (Å²) in [6, 6.07) is 10.3. The third kappa shape index (κ3) is 3.03. The molecule has 122 valence electrons.